The largest absolute Gasteiger partial charge is 0.354 e. The fourth-order valence-corrected chi connectivity index (χ4v) is 1.74. The predicted octanol–water partition coefficient (Wildman–Crippen LogP) is -0.671. The number of aromatic nitrogens is 1. The normalized spacial score (nSPS) is 15.8. The first-order chi connectivity index (χ1) is 8.70. The first-order valence-electron chi connectivity index (χ1n) is 5.69. The smallest absolute Gasteiger partial charge is 0.272 e. The van der Waals surface area contributed by atoms with E-state index in [4.69, 9.17) is 5.84 Å². The molecule has 18 heavy (non-hydrogen) atoms. The second-order valence-electron chi connectivity index (χ2n) is 3.97. The van der Waals surface area contributed by atoms with E-state index in [2.05, 4.69) is 15.7 Å². The highest BCUT2D eigenvalue weighted by Crippen LogP contribution is 2.08. The van der Waals surface area contributed by atoms with Crippen molar-refractivity contribution in [3.8, 4) is 0 Å². The zero-order chi connectivity index (χ0) is 13.0. The Morgan fingerprint density at radius 3 is 2.94 bits per heavy atom. The quantitative estimate of drug-likeness (QED) is 0.477. The van der Waals surface area contributed by atoms with Crippen molar-refractivity contribution in [2.45, 2.75) is 6.42 Å². The summed E-state index contributed by atoms with van der Waals surface area (Å²) in [5.74, 6) is 5.03. The van der Waals surface area contributed by atoms with Gasteiger partial charge in [0, 0.05) is 26.1 Å². The summed E-state index contributed by atoms with van der Waals surface area (Å²) >= 11 is 0. The average Bonchev–Trinajstić information content (AvgIpc) is 2.63. The Morgan fingerprint density at radius 1 is 1.44 bits per heavy atom. The molecule has 0 aromatic carbocycles. The van der Waals surface area contributed by atoms with Crippen LogP contribution in [-0.2, 0) is 4.79 Å². The lowest BCUT2D eigenvalue weighted by Crippen LogP contribution is -2.34. The third kappa shape index (κ3) is 2.75. The number of amides is 2. The van der Waals surface area contributed by atoms with Gasteiger partial charge in [-0.25, -0.2) is 4.98 Å². The molecule has 1 aliphatic heterocycles. The van der Waals surface area contributed by atoms with Crippen molar-refractivity contribution in [2.75, 3.05) is 25.1 Å². The molecule has 7 nitrogen and oxygen atoms in total. The Kier molecular flexibility index (Phi) is 3.73. The van der Waals surface area contributed by atoms with E-state index < -0.39 is 0 Å². The third-order valence-corrected chi connectivity index (χ3v) is 2.75. The summed E-state index contributed by atoms with van der Waals surface area (Å²) in [5.41, 5.74) is 3.43. The van der Waals surface area contributed by atoms with E-state index in [0.717, 1.165) is 0 Å². The summed E-state index contributed by atoms with van der Waals surface area (Å²) < 4.78 is 0. The molecule has 1 aliphatic rings. The number of pyridine rings is 1. The minimum absolute atomic E-state index is 0.0269. The topological polar surface area (TPSA) is 100 Å². The number of rotatable bonds is 2. The summed E-state index contributed by atoms with van der Waals surface area (Å²) in [7, 11) is 0. The highest BCUT2D eigenvalue weighted by atomic mass is 16.2. The first kappa shape index (κ1) is 12.3. The van der Waals surface area contributed by atoms with Crippen LogP contribution in [0.5, 0.6) is 0 Å². The van der Waals surface area contributed by atoms with Crippen LogP contribution in [0.25, 0.3) is 0 Å². The molecule has 0 unspecified atom stereocenters. The molecule has 1 fully saturated rings. The molecule has 0 saturated carbocycles. The van der Waals surface area contributed by atoms with Gasteiger partial charge in [-0.15, -0.1) is 0 Å². The van der Waals surface area contributed by atoms with Crippen molar-refractivity contribution in [3.63, 3.8) is 0 Å². The maximum absolute atomic E-state index is 12.1. The molecule has 1 saturated heterocycles. The fourth-order valence-electron chi connectivity index (χ4n) is 1.74. The van der Waals surface area contributed by atoms with Gasteiger partial charge in [-0.05, 0) is 12.1 Å². The van der Waals surface area contributed by atoms with Crippen molar-refractivity contribution in [2.24, 2.45) is 5.84 Å². The van der Waals surface area contributed by atoms with Gasteiger partial charge in [-0.3, -0.25) is 15.4 Å². The molecule has 2 heterocycles. The molecule has 1 aromatic rings. The Bertz CT molecular complexity index is 445. The second kappa shape index (κ2) is 5.46. The lowest BCUT2D eigenvalue weighted by Gasteiger charge is -2.18. The van der Waals surface area contributed by atoms with Crippen LogP contribution >= 0.6 is 0 Å². The molecule has 0 radical (unpaired) electrons. The maximum Gasteiger partial charge on any atom is 0.272 e. The van der Waals surface area contributed by atoms with E-state index in [-0.39, 0.29) is 11.8 Å². The van der Waals surface area contributed by atoms with E-state index in [1.54, 1.807) is 17.0 Å². The van der Waals surface area contributed by atoms with Gasteiger partial charge in [0.15, 0.2) is 0 Å². The molecular formula is C11H15N5O2. The SMILES string of the molecule is NNc1ccc(C(=O)N2CCNC(=O)CC2)nc1. The van der Waals surface area contributed by atoms with Crippen LogP contribution in [0.2, 0.25) is 0 Å². The summed E-state index contributed by atoms with van der Waals surface area (Å²) in [6.45, 7) is 1.40. The summed E-state index contributed by atoms with van der Waals surface area (Å²) in [6.07, 6.45) is 1.82. The van der Waals surface area contributed by atoms with Crippen LogP contribution < -0.4 is 16.6 Å². The summed E-state index contributed by atoms with van der Waals surface area (Å²) in [4.78, 5) is 29.0. The lowest BCUT2D eigenvalue weighted by molar-refractivity contribution is -0.120. The third-order valence-electron chi connectivity index (χ3n) is 2.75. The molecule has 7 heteroatoms. The fraction of sp³-hybridized carbons (Fsp3) is 0.364. The van der Waals surface area contributed by atoms with Gasteiger partial charge in [-0.2, -0.15) is 0 Å². The van der Waals surface area contributed by atoms with Crippen LogP contribution in [0.15, 0.2) is 18.3 Å². The van der Waals surface area contributed by atoms with Gasteiger partial charge in [0.25, 0.3) is 5.91 Å². The Hall–Kier alpha value is -2.15. The number of nitrogen functional groups attached to an aromatic ring is 1. The number of hydrogen-bond acceptors (Lipinski definition) is 5. The molecule has 0 spiro atoms. The van der Waals surface area contributed by atoms with Crippen molar-refractivity contribution in [1.82, 2.24) is 15.2 Å². The van der Waals surface area contributed by atoms with Crippen molar-refractivity contribution in [3.05, 3.63) is 24.0 Å². The summed E-state index contributed by atoms with van der Waals surface area (Å²) in [6, 6.07) is 3.29. The standard InChI is InChI=1S/C11H15N5O2/c12-15-8-1-2-9(14-7-8)11(18)16-5-3-10(17)13-4-6-16/h1-2,7,15H,3-6,12H2,(H,13,17). The van der Waals surface area contributed by atoms with Gasteiger partial charge >= 0.3 is 0 Å². The zero-order valence-corrected chi connectivity index (χ0v) is 9.85. The number of nitrogens with one attached hydrogen (secondary N) is 2. The monoisotopic (exact) mass is 249 g/mol. The average molecular weight is 249 g/mol. The van der Waals surface area contributed by atoms with E-state index in [1.165, 1.54) is 6.20 Å². The number of nitrogens with two attached hydrogens (primary N) is 1. The van der Waals surface area contributed by atoms with Crippen LogP contribution in [0, 0.1) is 0 Å². The van der Waals surface area contributed by atoms with Crippen molar-refractivity contribution < 1.29 is 9.59 Å². The van der Waals surface area contributed by atoms with Crippen LogP contribution in [0.1, 0.15) is 16.9 Å². The van der Waals surface area contributed by atoms with E-state index in [9.17, 15) is 9.59 Å². The Morgan fingerprint density at radius 2 is 2.28 bits per heavy atom. The summed E-state index contributed by atoms with van der Waals surface area (Å²) in [5, 5.41) is 2.72. The minimum atomic E-state index is -0.171. The lowest BCUT2D eigenvalue weighted by atomic mass is 10.3. The number of anilines is 1. The van der Waals surface area contributed by atoms with E-state index >= 15 is 0 Å². The highest BCUT2D eigenvalue weighted by molar-refractivity contribution is 5.93. The maximum atomic E-state index is 12.1. The first-order valence-corrected chi connectivity index (χ1v) is 5.69. The minimum Gasteiger partial charge on any atom is -0.354 e. The van der Waals surface area contributed by atoms with Gasteiger partial charge in [0.1, 0.15) is 5.69 Å². The van der Waals surface area contributed by atoms with Crippen LogP contribution in [0.3, 0.4) is 0 Å². The van der Waals surface area contributed by atoms with Crippen LogP contribution in [0.4, 0.5) is 5.69 Å². The molecule has 96 valence electrons. The molecule has 2 rings (SSSR count). The van der Waals surface area contributed by atoms with E-state index in [1.807, 2.05) is 0 Å². The van der Waals surface area contributed by atoms with Crippen LogP contribution in [-0.4, -0.2) is 41.3 Å². The molecule has 0 bridgehead atoms. The number of hydrazine groups is 1. The Labute approximate surface area is 104 Å². The predicted molar refractivity (Wildman–Crippen MR) is 65.6 cm³/mol. The zero-order valence-electron chi connectivity index (χ0n) is 9.85. The molecule has 2 amide bonds. The van der Waals surface area contributed by atoms with Crippen molar-refractivity contribution in [1.29, 1.82) is 0 Å². The number of hydrogen-bond donors (Lipinski definition) is 3. The Balaban J connectivity index is 2.07. The van der Waals surface area contributed by atoms with Crippen molar-refractivity contribution >= 4 is 17.5 Å². The number of carbonyl (C=O) groups is 2. The van der Waals surface area contributed by atoms with E-state index in [0.29, 0.717) is 37.4 Å². The van der Waals surface area contributed by atoms with Gasteiger partial charge in [0.2, 0.25) is 5.91 Å². The number of nitrogens with zero attached hydrogens (tertiary/aromatic N) is 2. The van der Waals surface area contributed by atoms with Gasteiger partial charge in [-0.1, -0.05) is 0 Å². The molecule has 0 atom stereocenters. The second-order valence-corrected chi connectivity index (χ2v) is 3.97. The number of carbonyl (C=O) groups excluding carboxylic acids is 2. The molecular weight excluding hydrogens is 234 g/mol. The molecule has 0 aliphatic carbocycles. The molecule has 1 aromatic heterocycles. The highest BCUT2D eigenvalue weighted by Gasteiger charge is 2.20. The van der Waals surface area contributed by atoms with Gasteiger partial charge < -0.3 is 15.6 Å². The van der Waals surface area contributed by atoms with Gasteiger partial charge in [0.05, 0.1) is 11.9 Å². The molecule has 4 N–H and O–H groups in total.